The lowest BCUT2D eigenvalue weighted by Crippen LogP contribution is -2.28. The summed E-state index contributed by atoms with van der Waals surface area (Å²) >= 11 is 5.83. The molecule has 0 heterocycles. The number of hydrogen-bond donors (Lipinski definition) is 2. The van der Waals surface area contributed by atoms with E-state index in [1.54, 1.807) is 7.11 Å². The number of carbonyl (C=O) groups excluding carboxylic acids is 1. The van der Waals surface area contributed by atoms with Gasteiger partial charge < -0.3 is 15.4 Å². The number of benzene rings is 2. The van der Waals surface area contributed by atoms with Crippen molar-refractivity contribution >= 4 is 23.3 Å². The fourth-order valence-electron chi connectivity index (χ4n) is 1.68. The van der Waals surface area contributed by atoms with Crippen LogP contribution in [0.25, 0.3) is 0 Å². The van der Waals surface area contributed by atoms with E-state index in [0.29, 0.717) is 12.2 Å². The van der Waals surface area contributed by atoms with E-state index in [9.17, 15) is 9.18 Å². The van der Waals surface area contributed by atoms with Crippen molar-refractivity contribution in [2.75, 3.05) is 12.4 Å². The Labute approximate surface area is 126 Å². The molecule has 2 aromatic rings. The Balaban J connectivity index is 1.89. The van der Waals surface area contributed by atoms with Gasteiger partial charge in [0.1, 0.15) is 11.6 Å². The van der Waals surface area contributed by atoms with Gasteiger partial charge in [-0.05, 0) is 35.9 Å². The van der Waals surface area contributed by atoms with Crippen molar-refractivity contribution in [2.24, 2.45) is 0 Å². The molecule has 4 nitrogen and oxygen atoms in total. The molecule has 2 rings (SSSR count). The summed E-state index contributed by atoms with van der Waals surface area (Å²) < 4.78 is 17.9. The number of urea groups is 1. The van der Waals surface area contributed by atoms with Crippen LogP contribution >= 0.6 is 11.6 Å². The molecule has 2 amide bonds. The van der Waals surface area contributed by atoms with E-state index in [-0.39, 0.29) is 5.02 Å². The van der Waals surface area contributed by atoms with E-state index in [1.807, 2.05) is 24.3 Å². The van der Waals surface area contributed by atoms with Gasteiger partial charge in [-0.1, -0.05) is 23.7 Å². The Morgan fingerprint density at radius 3 is 2.57 bits per heavy atom. The first-order valence-electron chi connectivity index (χ1n) is 6.21. The molecule has 0 atom stereocenters. The molecule has 0 aliphatic heterocycles. The van der Waals surface area contributed by atoms with Gasteiger partial charge in [-0.25, -0.2) is 9.18 Å². The lowest BCUT2D eigenvalue weighted by Gasteiger charge is -2.09. The van der Waals surface area contributed by atoms with Gasteiger partial charge in [-0.15, -0.1) is 0 Å². The number of carbonyl (C=O) groups is 1. The maximum absolute atomic E-state index is 12.9. The molecule has 0 unspecified atom stereocenters. The Bertz CT molecular complexity index is 632. The van der Waals surface area contributed by atoms with E-state index in [0.717, 1.165) is 17.4 Å². The van der Waals surface area contributed by atoms with Crippen LogP contribution < -0.4 is 15.4 Å². The molecular formula is C15H14ClFN2O2. The molecule has 2 aromatic carbocycles. The van der Waals surface area contributed by atoms with Gasteiger partial charge in [0.2, 0.25) is 0 Å². The second kappa shape index (κ2) is 6.95. The zero-order chi connectivity index (χ0) is 15.2. The van der Waals surface area contributed by atoms with Crippen LogP contribution in [-0.2, 0) is 6.54 Å². The van der Waals surface area contributed by atoms with Crippen LogP contribution in [0.1, 0.15) is 5.56 Å². The van der Waals surface area contributed by atoms with Gasteiger partial charge in [0.25, 0.3) is 0 Å². The molecule has 110 valence electrons. The van der Waals surface area contributed by atoms with Crippen molar-refractivity contribution < 1.29 is 13.9 Å². The molecule has 0 aromatic heterocycles. The van der Waals surface area contributed by atoms with Gasteiger partial charge in [0.15, 0.2) is 0 Å². The SMILES string of the molecule is COc1ccc(CNC(=O)Nc2ccc(F)cc2Cl)cc1. The zero-order valence-electron chi connectivity index (χ0n) is 11.3. The van der Waals surface area contributed by atoms with Crippen molar-refractivity contribution in [2.45, 2.75) is 6.54 Å². The minimum Gasteiger partial charge on any atom is -0.497 e. The largest absolute Gasteiger partial charge is 0.497 e. The second-order valence-corrected chi connectivity index (χ2v) is 4.69. The molecule has 0 radical (unpaired) electrons. The highest BCUT2D eigenvalue weighted by atomic mass is 35.5. The lowest BCUT2D eigenvalue weighted by molar-refractivity contribution is 0.251. The fraction of sp³-hybridized carbons (Fsp3) is 0.133. The molecule has 2 N–H and O–H groups in total. The third kappa shape index (κ3) is 4.36. The van der Waals surface area contributed by atoms with Crippen molar-refractivity contribution in [1.82, 2.24) is 5.32 Å². The standard InChI is InChI=1S/C15H14ClFN2O2/c1-21-12-5-2-10(3-6-12)9-18-15(20)19-14-7-4-11(17)8-13(14)16/h2-8H,9H2,1H3,(H2,18,19,20). The predicted molar refractivity (Wildman–Crippen MR) is 80.3 cm³/mol. The average molecular weight is 309 g/mol. The van der Waals surface area contributed by atoms with Crippen molar-refractivity contribution in [3.63, 3.8) is 0 Å². The first-order chi connectivity index (χ1) is 10.1. The number of methoxy groups -OCH3 is 1. The number of anilines is 1. The van der Waals surface area contributed by atoms with Gasteiger partial charge >= 0.3 is 6.03 Å². The third-order valence-corrected chi connectivity index (χ3v) is 3.10. The highest BCUT2D eigenvalue weighted by molar-refractivity contribution is 6.33. The van der Waals surface area contributed by atoms with Crippen LogP contribution in [0.2, 0.25) is 5.02 Å². The predicted octanol–water partition coefficient (Wildman–Crippen LogP) is 3.81. The topological polar surface area (TPSA) is 50.4 Å². The van der Waals surface area contributed by atoms with Crippen LogP contribution in [0.5, 0.6) is 5.75 Å². The van der Waals surface area contributed by atoms with Crippen LogP contribution in [0, 0.1) is 5.82 Å². The molecule has 0 aliphatic rings. The molecule has 0 saturated heterocycles. The Hall–Kier alpha value is -2.27. The molecule has 6 heteroatoms. The summed E-state index contributed by atoms with van der Waals surface area (Å²) in [6.07, 6.45) is 0. The van der Waals surface area contributed by atoms with Gasteiger partial charge in [0.05, 0.1) is 17.8 Å². The molecule has 0 fully saturated rings. The van der Waals surface area contributed by atoms with E-state index in [1.165, 1.54) is 12.1 Å². The molecule has 0 saturated carbocycles. The Morgan fingerprint density at radius 2 is 1.95 bits per heavy atom. The van der Waals surface area contributed by atoms with Crippen LogP contribution in [-0.4, -0.2) is 13.1 Å². The third-order valence-electron chi connectivity index (χ3n) is 2.79. The summed E-state index contributed by atoms with van der Waals surface area (Å²) in [5.41, 5.74) is 1.28. The zero-order valence-corrected chi connectivity index (χ0v) is 12.1. The fourth-order valence-corrected chi connectivity index (χ4v) is 1.90. The van der Waals surface area contributed by atoms with Gasteiger partial charge in [-0.3, -0.25) is 0 Å². The van der Waals surface area contributed by atoms with E-state index in [2.05, 4.69) is 10.6 Å². The van der Waals surface area contributed by atoms with E-state index < -0.39 is 11.8 Å². The number of ether oxygens (including phenoxy) is 1. The lowest BCUT2D eigenvalue weighted by atomic mass is 10.2. The minimum atomic E-state index is -0.454. The summed E-state index contributed by atoms with van der Waals surface area (Å²) in [6, 6.07) is 10.7. The van der Waals surface area contributed by atoms with Crippen LogP contribution in [0.4, 0.5) is 14.9 Å². The highest BCUT2D eigenvalue weighted by Crippen LogP contribution is 2.22. The minimum absolute atomic E-state index is 0.148. The Kier molecular flexibility index (Phi) is 5.00. The Morgan fingerprint density at radius 1 is 1.24 bits per heavy atom. The summed E-state index contributed by atoms with van der Waals surface area (Å²) in [7, 11) is 1.59. The average Bonchev–Trinajstić information content (AvgIpc) is 2.48. The summed E-state index contributed by atoms with van der Waals surface area (Å²) in [5.74, 6) is 0.297. The number of halogens is 2. The highest BCUT2D eigenvalue weighted by Gasteiger charge is 2.06. The summed E-state index contributed by atoms with van der Waals surface area (Å²) in [6.45, 7) is 0.356. The maximum atomic E-state index is 12.9. The number of nitrogens with one attached hydrogen (secondary N) is 2. The number of rotatable bonds is 4. The van der Waals surface area contributed by atoms with Crippen molar-refractivity contribution in [3.05, 3.63) is 58.9 Å². The summed E-state index contributed by atoms with van der Waals surface area (Å²) in [4.78, 5) is 11.7. The molecule has 0 aliphatic carbocycles. The molecule has 21 heavy (non-hydrogen) atoms. The van der Waals surface area contributed by atoms with Crippen molar-refractivity contribution in [3.8, 4) is 5.75 Å². The van der Waals surface area contributed by atoms with Crippen LogP contribution in [0.3, 0.4) is 0 Å². The van der Waals surface area contributed by atoms with Crippen molar-refractivity contribution in [1.29, 1.82) is 0 Å². The number of hydrogen-bond acceptors (Lipinski definition) is 2. The monoisotopic (exact) mass is 308 g/mol. The van der Waals surface area contributed by atoms with Gasteiger partial charge in [0, 0.05) is 6.54 Å². The summed E-state index contributed by atoms with van der Waals surface area (Å²) in [5, 5.41) is 5.39. The second-order valence-electron chi connectivity index (χ2n) is 4.28. The quantitative estimate of drug-likeness (QED) is 0.902. The molecule has 0 spiro atoms. The first-order valence-corrected chi connectivity index (χ1v) is 6.59. The molecule has 0 bridgehead atoms. The van der Waals surface area contributed by atoms with E-state index in [4.69, 9.17) is 16.3 Å². The maximum Gasteiger partial charge on any atom is 0.319 e. The number of amides is 2. The smallest absolute Gasteiger partial charge is 0.319 e. The van der Waals surface area contributed by atoms with Crippen LogP contribution in [0.15, 0.2) is 42.5 Å². The molecular weight excluding hydrogens is 295 g/mol. The van der Waals surface area contributed by atoms with Gasteiger partial charge in [-0.2, -0.15) is 0 Å². The normalized spacial score (nSPS) is 10.0. The van der Waals surface area contributed by atoms with E-state index >= 15 is 0 Å². The first kappa shape index (κ1) is 15.1.